The highest BCUT2D eigenvalue weighted by Crippen LogP contribution is 2.27. The van der Waals surface area contributed by atoms with E-state index in [9.17, 15) is 30.3 Å². The second-order valence-electron chi connectivity index (χ2n) is 5.68. The Kier molecular flexibility index (Phi) is 6.26. The highest BCUT2D eigenvalue weighted by Gasteiger charge is 2.30. The molecule has 0 aliphatic heterocycles. The SMILES string of the molecule is CC[C@@H]([C@@H](N=Cc1ccc([N+](=O)[O-])cc1)c1ccc([N+](=O)[O-])cc1)[N+](=O)[O-]. The van der Waals surface area contributed by atoms with Crippen LogP contribution >= 0.6 is 0 Å². The summed E-state index contributed by atoms with van der Waals surface area (Å²) in [6, 6.07) is 9.18. The van der Waals surface area contributed by atoms with Crippen LogP contribution in [0, 0.1) is 30.3 Å². The number of hydrogen-bond acceptors (Lipinski definition) is 7. The molecule has 2 atom stereocenters. The number of nitro groups is 3. The van der Waals surface area contributed by atoms with Crippen molar-refractivity contribution in [1.29, 1.82) is 0 Å². The maximum absolute atomic E-state index is 11.4. The summed E-state index contributed by atoms with van der Waals surface area (Å²) in [5.41, 5.74) is 0.829. The highest BCUT2D eigenvalue weighted by molar-refractivity contribution is 5.80. The molecular formula is C17H16N4O6. The van der Waals surface area contributed by atoms with Crippen LogP contribution in [0.15, 0.2) is 53.5 Å². The number of non-ortho nitro benzene ring substituents is 2. The van der Waals surface area contributed by atoms with Gasteiger partial charge in [-0.15, -0.1) is 0 Å². The van der Waals surface area contributed by atoms with Gasteiger partial charge in [0, 0.05) is 41.8 Å². The molecule has 0 saturated carbocycles. The molecule has 0 N–H and O–H groups in total. The Morgan fingerprint density at radius 3 is 1.78 bits per heavy atom. The van der Waals surface area contributed by atoms with Crippen molar-refractivity contribution in [2.24, 2.45) is 4.99 Å². The lowest BCUT2D eigenvalue weighted by molar-refractivity contribution is -0.527. The fourth-order valence-electron chi connectivity index (χ4n) is 2.54. The third-order valence-corrected chi connectivity index (χ3v) is 3.99. The summed E-state index contributed by atoms with van der Waals surface area (Å²) < 4.78 is 0. The van der Waals surface area contributed by atoms with Gasteiger partial charge in [0.1, 0.15) is 6.04 Å². The van der Waals surface area contributed by atoms with Gasteiger partial charge in [-0.3, -0.25) is 35.3 Å². The van der Waals surface area contributed by atoms with Gasteiger partial charge in [-0.1, -0.05) is 6.92 Å². The third-order valence-electron chi connectivity index (χ3n) is 3.99. The quantitative estimate of drug-likeness (QED) is 0.392. The van der Waals surface area contributed by atoms with Crippen LogP contribution in [0.1, 0.15) is 30.5 Å². The minimum atomic E-state index is -1.01. The van der Waals surface area contributed by atoms with E-state index in [1.807, 2.05) is 0 Å². The second kappa shape index (κ2) is 8.61. The second-order valence-corrected chi connectivity index (χ2v) is 5.68. The number of nitrogens with zero attached hydrogens (tertiary/aromatic N) is 4. The Bertz CT molecular complexity index is 864. The van der Waals surface area contributed by atoms with E-state index in [0.29, 0.717) is 11.1 Å². The molecule has 0 heterocycles. The minimum Gasteiger partial charge on any atom is -0.277 e. The van der Waals surface area contributed by atoms with Crippen molar-refractivity contribution in [2.45, 2.75) is 25.4 Å². The van der Waals surface area contributed by atoms with Crippen LogP contribution in [0.3, 0.4) is 0 Å². The normalized spacial score (nSPS) is 13.2. The zero-order valence-corrected chi connectivity index (χ0v) is 14.3. The van der Waals surface area contributed by atoms with E-state index in [2.05, 4.69) is 4.99 Å². The van der Waals surface area contributed by atoms with Gasteiger partial charge in [0.15, 0.2) is 0 Å². The van der Waals surface area contributed by atoms with E-state index in [0.717, 1.165) is 0 Å². The molecule has 0 aromatic heterocycles. The van der Waals surface area contributed by atoms with Crippen LogP contribution in [0.25, 0.3) is 0 Å². The van der Waals surface area contributed by atoms with Gasteiger partial charge in [0.05, 0.1) is 9.85 Å². The topological polar surface area (TPSA) is 142 Å². The van der Waals surface area contributed by atoms with E-state index >= 15 is 0 Å². The fraction of sp³-hybridized carbons (Fsp3) is 0.235. The molecule has 2 aromatic rings. The zero-order valence-electron chi connectivity index (χ0n) is 14.3. The Morgan fingerprint density at radius 2 is 1.37 bits per heavy atom. The van der Waals surface area contributed by atoms with Gasteiger partial charge in [-0.25, -0.2) is 0 Å². The Balaban J connectivity index is 2.35. The van der Waals surface area contributed by atoms with E-state index in [1.165, 1.54) is 54.7 Å². The minimum absolute atomic E-state index is 0.0733. The average Bonchev–Trinajstić information content (AvgIpc) is 2.65. The molecule has 0 aliphatic carbocycles. The van der Waals surface area contributed by atoms with Crippen LogP contribution < -0.4 is 0 Å². The average molecular weight is 372 g/mol. The maximum atomic E-state index is 11.4. The summed E-state index contributed by atoms with van der Waals surface area (Å²) >= 11 is 0. The number of rotatable bonds is 8. The van der Waals surface area contributed by atoms with Gasteiger partial charge in [-0.2, -0.15) is 0 Å². The lowest BCUT2D eigenvalue weighted by Gasteiger charge is -2.16. The summed E-state index contributed by atoms with van der Waals surface area (Å²) in [6.07, 6.45) is 1.62. The van der Waals surface area contributed by atoms with Crippen molar-refractivity contribution in [1.82, 2.24) is 0 Å². The maximum Gasteiger partial charge on any atom is 0.269 e. The molecule has 0 spiro atoms. The molecule has 0 saturated heterocycles. The Labute approximate surface area is 153 Å². The van der Waals surface area contributed by atoms with Gasteiger partial charge in [0.2, 0.25) is 6.04 Å². The molecule has 2 rings (SSSR count). The summed E-state index contributed by atoms with van der Waals surface area (Å²) in [5, 5.41) is 32.9. The Hall–Kier alpha value is -3.69. The molecule has 27 heavy (non-hydrogen) atoms. The fourth-order valence-corrected chi connectivity index (χ4v) is 2.54. The largest absolute Gasteiger partial charge is 0.277 e. The molecular weight excluding hydrogens is 356 g/mol. The van der Waals surface area contributed by atoms with Crippen molar-refractivity contribution in [2.75, 3.05) is 0 Å². The van der Waals surface area contributed by atoms with Gasteiger partial charge in [-0.05, 0) is 35.4 Å². The molecule has 0 fully saturated rings. The van der Waals surface area contributed by atoms with Crippen LogP contribution in [0.5, 0.6) is 0 Å². The van der Waals surface area contributed by atoms with Gasteiger partial charge < -0.3 is 0 Å². The lowest BCUT2D eigenvalue weighted by Crippen LogP contribution is -2.26. The van der Waals surface area contributed by atoms with Crippen molar-refractivity contribution < 1.29 is 14.8 Å². The number of hydrogen-bond donors (Lipinski definition) is 0. The zero-order chi connectivity index (χ0) is 20.0. The van der Waals surface area contributed by atoms with Crippen molar-refractivity contribution in [3.63, 3.8) is 0 Å². The van der Waals surface area contributed by atoms with E-state index < -0.39 is 26.9 Å². The summed E-state index contributed by atoms with van der Waals surface area (Å²) in [4.78, 5) is 35.7. The van der Waals surface area contributed by atoms with E-state index in [1.54, 1.807) is 6.92 Å². The molecule has 0 bridgehead atoms. The van der Waals surface area contributed by atoms with E-state index in [-0.39, 0.29) is 17.8 Å². The van der Waals surface area contributed by atoms with Crippen LogP contribution in [-0.4, -0.2) is 27.0 Å². The lowest BCUT2D eigenvalue weighted by atomic mass is 9.98. The first kappa shape index (κ1) is 19.6. The first-order valence-electron chi connectivity index (χ1n) is 7.99. The molecule has 0 aliphatic rings. The third kappa shape index (κ3) is 4.91. The molecule has 10 heteroatoms. The number of aliphatic imine (C=N–C) groups is 1. The van der Waals surface area contributed by atoms with Crippen molar-refractivity contribution in [3.05, 3.63) is 90.0 Å². The predicted molar refractivity (Wildman–Crippen MR) is 97.6 cm³/mol. The van der Waals surface area contributed by atoms with Crippen LogP contribution in [0.4, 0.5) is 11.4 Å². The number of benzene rings is 2. The van der Waals surface area contributed by atoms with Gasteiger partial charge >= 0.3 is 0 Å². The monoisotopic (exact) mass is 372 g/mol. The first-order chi connectivity index (χ1) is 12.8. The summed E-state index contributed by atoms with van der Waals surface area (Å²) in [5.74, 6) is 0. The van der Waals surface area contributed by atoms with Crippen LogP contribution in [-0.2, 0) is 0 Å². The van der Waals surface area contributed by atoms with Gasteiger partial charge in [0.25, 0.3) is 11.4 Å². The molecule has 140 valence electrons. The predicted octanol–water partition coefficient (Wildman–Crippen LogP) is 3.72. The summed E-state index contributed by atoms with van der Waals surface area (Å²) in [7, 11) is 0. The van der Waals surface area contributed by atoms with Crippen molar-refractivity contribution in [3.8, 4) is 0 Å². The highest BCUT2D eigenvalue weighted by atomic mass is 16.6. The Morgan fingerprint density at radius 1 is 0.889 bits per heavy atom. The standard InChI is InChI=1S/C17H16N4O6/c1-2-16(21(26)27)17(13-5-9-15(10-6-13)20(24)25)18-11-12-3-7-14(8-4-12)19(22)23/h3-11,16-17H,2H2,1H3/t16-,17-/m0/s1. The molecule has 10 nitrogen and oxygen atoms in total. The summed E-state index contributed by atoms with van der Waals surface area (Å²) in [6.45, 7) is 1.66. The molecule has 0 amide bonds. The molecule has 0 radical (unpaired) electrons. The molecule has 2 aromatic carbocycles. The smallest absolute Gasteiger partial charge is 0.269 e. The number of nitro benzene ring substituents is 2. The first-order valence-corrected chi connectivity index (χ1v) is 7.99. The van der Waals surface area contributed by atoms with Crippen LogP contribution in [0.2, 0.25) is 0 Å². The van der Waals surface area contributed by atoms with E-state index in [4.69, 9.17) is 0 Å². The molecule has 0 unspecified atom stereocenters. The van der Waals surface area contributed by atoms with Crippen molar-refractivity contribution >= 4 is 17.6 Å².